The molecule has 1 unspecified atom stereocenters. The standard InChI is InChI=1S/C11H18N4/c1-9(6-15-10-2-3-10)14-8-11-7-12-4-5-13-11/h4-5,7,9-10,14-15H,2-3,6,8H2,1H3. The summed E-state index contributed by atoms with van der Waals surface area (Å²) in [4.78, 5) is 8.24. The molecule has 1 aromatic heterocycles. The first-order valence-electron chi connectivity index (χ1n) is 5.56. The summed E-state index contributed by atoms with van der Waals surface area (Å²) in [5, 5.41) is 6.91. The molecule has 0 bridgehead atoms. The summed E-state index contributed by atoms with van der Waals surface area (Å²) in [6, 6.07) is 1.26. The number of nitrogens with zero attached hydrogens (tertiary/aromatic N) is 2. The van der Waals surface area contributed by atoms with Gasteiger partial charge in [0.15, 0.2) is 0 Å². The van der Waals surface area contributed by atoms with Gasteiger partial charge < -0.3 is 10.6 Å². The van der Waals surface area contributed by atoms with Crippen LogP contribution in [0.2, 0.25) is 0 Å². The second kappa shape index (κ2) is 5.19. The van der Waals surface area contributed by atoms with Crippen molar-refractivity contribution in [1.29, 1.82) is 0 Å². The highest BCUT2D eigenvalue weighted by atomic mass is 15.0. The Morgan fingerprint density at radius 2 is 2.33 bits per heavy atom. The SMILES string of the molecule is CC(CNC1CC1)NCc1cnccn1. The third kappa shape index (κ3) is 3.93. The molecule has 1 fully saturated rings. The van der Waals surface area contributed by atoms with Gasteiger partial charge in [-0.05, 0) is 19.8 Å². The first kappa shape index (κ1) is 10.5. The predicted octanol–water partition coefficient (Wildman–Crippen LogP) is 0.707. The molecule has 15 heavy (non-hydrogen) atoms. The molecule has 0 saturated heterocycles. The summed E-state index contributed by atoms with van der Waals surface area (Å²) in [6.07, 6.45) is 7.91. The average molecular weight is 206 g/mol. The van der Waals surface area contributed by atoms with Gasteiger partial charge in [0, 0.05) is 43.8 Å². The number of rotatable bonds is 6. The number of aromatic nitrogens is 2. The lowest BCUT2D eigenvalue weighted by molar-refractivity contribution is 0.496. The van der Waals surface area contributed by atoms with Gasteiger partial charge in [0.1, 0.15) is 0 Å². The molecule has 0 aliphatic heterocycles. The molecule has 4 heteroatoms. The van der Waals surface area contributed by atoms with Crippen LogP contribution in [-0.4, -0.2) is 28.6 Å². The molecular weight excluding hydrogens is 188 g/mol. The zero-order valence-corrected chi connectivity index (χ0v) is 9.11. The maximum Gasteiger partial charge on any atom is 0.0724 e. The van der Waals surface area contributed by atoms with Crippen molar-refractivity contribution < 1.29 is 0 Å². The van der Waals surface area contributed by atoms with Crippen molar-refractivity contribution in [1.82, 2.24) is 20.6 Å². The second-order valence-corrected chi connectivity index (χ2v) is 4.16. The number of hydrogen-bond donors (Lipinski definition) is 2. The minimum atomic E-state index is 0.479. The van der Waals surface area contributed by atoms with Crippen LogP contribution in [0.3, 0.4) is 0 Å². The van der Waals surface area contributed by atoms with Crippen molar-refractivity contribution in [2.45, 2.75) is 38.4 Å². The van der Waals surface area contributed by atoms with E-state index in [-0.39, 0.29) is 0 Å². The minimum absolute atomic E-state index is 0.479. The van der Waals surface area contributed by atoms with Crippen molar-refractivity contribution >= 4 is 0 Å². The van der Waals surface area contributed by atoms with E-state index < -0.39 is 0 Å². The van der Waals surface area contributed by atoms with E-state index in [0.717, 1.165) is 24.8 Å². The molecule has 0 spiro atoms. The summed E-state index contributed by atoms with van der Waals surface area (Å²) in [7, 11) is 0. The molecule has 0 radical (unpaired) electrons. The van der Waals surface area contributed by atoms with E-state index in [1.807, 2.05) is 0 Å². The highest BCUT2D eigenvalue weighted by Crippen LogP contribution is 2.18. The van der Waals surface area contributed by atoms with Crippen LogP contribution < -0.4 is 10.6 Å². The van der Waals surface area contributed by atoms with Crippen LogP contribution in [0.15, 0.2) is 18.6 Å². The summed E-state index contributed by atoms with van der Waals surface area (Å²) >= 11 is 0. The second-order valence-electron chi connectivity index (χ2n) is 4.16. The van der Waals surface area contributed by atoms with Crippen LogP contribution in [0.25, 0.3) is 0 Å². The lowest BCUT2D eigenvalue weighted by Gasteiger charge is -2.13. The van der Waals surface area contributed by atoms with Gasteiger partial charge in [-0.25, -0.2) is 0 Å². The van der Waals surface area contributed by atoms with E-state index in [9.17, 15) is 0 Å². The van der Waals surface area contributed by atoms with Gasteiger partial charge >= 0.3 is 0 Å². The van der Waals surface area contributed by atoms with E-state index in [1.165, 1.54) is 12.8 Å². The topological polar surface area (TPSA) is 49.8 Å². The largest absolute Gasteiger partial charge is 0.312 e. The Labute approximate surface area is 90.5 Å². The predicted molar refractivity (Wildman–Crippen MR) is 59.4 cm³/mol. The van der Waals surface area contributed by atoms with Gasteiger partial charge in [-0.15, -0.1) is 0 Å². The molecule has 0 amide bonds. The van der Waals surface area contributed by atoms with Gasteiger partial charge in [0.25, 0.3) is 0 Å². The van der Waals surface area contributed by atoms with Crippen molar-refractivity contribution in [3.63, 3.8) is 0 Å². The molecular formula is C11H18N4. The molecule has 1 heterocycles. The first-order chi connectivity index (χ1) is 7.34. The fourth-order valence-electron chi connectivity index (χ4n) is 1.40. The molecule has 2 rings (SSSR count). The minimum Gasteiger partial charge on any atom is -0.312 e. The van der Waals surface area contributed by atoms with Crippen LogP contribution in [0.1, 0.15) is 25.5 Å². The van der Waals surface area contributed by atoms with Crippen molar-refractivity contribution in [3.05, 3.63) is 24.3 Å². The van der Waals surface area contributed by atoms with Crippen LogP contribution in [0.5, 0.6) is 0 Å². The highest BCUT2D eigenvalue weighted by Gasteiger charge is 2.20. The lowest BCUT2D eigenvalue weighted by Crippen LogP contribution is -2.36. The van der Waals surface area contributed by atoms with Crippen molar-refractivity contribution in [2.24, 2.45) is 0 Å². The van der Waals surface area contributed by atoms with E-state index >= 15 is 0 Å². The highest BCUT2D eigenvalue weighted by molar-refractivity contribution is 4.94. The van der Waals surface area contributed by atoms with Gasteiger partial charge in [-0.1, -0.05) is 0 Å². The Balaban J connectivity index is 1.63. The molecule has 4 nitrogen and oxygen atoms in total. The fourth-order valence-corrected chi connectivity index (χ4v) is 1.40. The van der Waals surface area contributed by atoms with Crippen LogP contribution >= 0.6 is 0 Å². The van der Waals surface area contributed by atoms with E-state index in [4.69, 9.17) is 0 Å². The molecule has 2 N–H and O–H groups in total. The van der Waals surface area contributed by atoms with Gasteiger partial charge in [-0.2, -0.15) is 0 Å². The maximum atomic E-state index is 4.21. The zero-order valence-electron chi connectivity index (χ0n) is 9.11. The molecule has 1 aromatic rings. The van der Waals surface area contributed by atoms with Gasteiger partial charge in [0.2, 0.25) is 0 Å². The zero-order chi connectivity index (χ0) is 10.5. The summed E-state index contributed by atoms with van der Waals surface area (Å²) in [6.45, 7) is 4.01. The summed E-state index contributed by atoms with van der Waals surface area (Å²) < 4.78 is 0. The average Bonchev–Trinajstić information content (AvgIpc) is 3.09. The molecule has 1 atom stereocenters. The van der Waals surface area contributed by atoms with E-state index in [1.54, 1.807) is 18.6 Å². The first-order valence-corrected chi connectivity index (χ1v) is 5.56. The number of hydrogen-bond acceptors (Lipinski definition) is 4. The third-order valence-electron chi connectivity index (χ3n) is 2.54. The van der Waals surface area contributed by atoms with Gasteiger partial charge in [-0.3, -0.25) is 9.97 Å². The smallest absolute Gasteiger partial charge is 0.0724 e. The van der Waals surface area contributed by atoms with Crippen molar-refractivity contribution in [2.75, 3.05) is 6.54 Å². The van der Waals surface area contributed by atoms with Crippen LogP contribution in [-0.2, 0) is 6.54 Å². The molecule has 1 aliphatic rings. The van der Waals surface area contributed by atoms with E-state index in [2.05, 4.69) is 27.5 Å². The summed E-state index contributed by atoms with van der Waals surface area (Å²) in [5.74, 6) is 0. The monoisotopic (exact) mass is 206 g/mol. The van der Waals surface area contributed by atoms with Gasteiger partial charge in [0.05, 0.1) is 5.69 Å². The Morgan fingerprint density at radius 1 is 1.47 bits per heavy atom. The molecule has 1 aliphatic carbocycles. The Bertz CT molecular complexity index is 284. The maximum absolute atomic E-state index is 4.21. The Morgan fingerprint density at radius 3 is 3.00 bits per heavy atom. The third-order valence-corrected chi connectivity index (χ3v) is 2.54. The quantitative estimate of drug-likeness (QED) is 0.719. The van der Waals surface area contributed by atoms with Crippen LogP contribution in [0, 0.1) is 0 Å². The van der Waals surface area contributed by atoms with E-state index in [0.29, 0.717) is 6.04 Å². The molecule has 0 aromatic carbocycles. The lowest BCUT2D eigenvalue weighted by atomic mass is 10.3. The molecule has 1 saturated carbocycles. The van der Waals surface area contributed by atoms with Crippen molar-refractivity contribution in [3.8, 4) is 0 Å². The number of nitrogens with one attached hydrogen (secondary N) is 2. The fraction of sp³-hybridized carbons (Fsp3) is 0.636. The summed E-state index contributed by atoms with van der Waals surface area (Å²) in [5.41, 5.74) is 0.996. The molecule has 82 valence electrons. The van der Waals surface area contributed by atoms with Crippen LogP contribution in [0.4, 0.5) is 0 Å². The Kier molecular flexibility index (Phi) is 3.64. The normalized spacial score (nSPS) is 17.7. The Hall–Kier alpha value is -1.00.